The van der Waals surface area contributed by atoms with Crippen molar-refractivity contribution < 1.29 is 89.4 Å². The molecule has 0 aliphatic carbocycles. The van der Waals surface area contributed by atoms with Crippen molar-refractivity contribution in [3.8, 4) is 0 Å². The van der Waals surface area contributed by atoms with Crippen LogP contribution in [0, 0.1) is 0 Å². The standard InChI is InChI=1S/C76H131NO18/c1-3-5-7-9-11-13-15-16-17-18-19-20-21-22-23-24-25-26-27-28-29-30-31-32-33-34-35-36-37-38-39-40-41-42-44-46-48-50-52-54-64(82)77-59(60(81)53-51-49-47-45-43-14-12-10-8-6-4-2)58-90-74-70(88)67(85)72(62(56-79)92-74)95-76-71(89)68(86)73(63(57-80)93-76)94-75-69(87)66(84)65(83)61(55-78)91-75/h5,7,11,13,16-17,19-20,22-23,25-26,43,45,51,53,59-63,65-76,78-81,83-89H,3-4,6,8-10,12,14-15,18,21,24,27-42,44,46-50,52,54-58H2,1-2H3,(H,77,82)/b7-5-,13-11-,17-16-,20-19-,23-22-,26-25-,45-43+,53-51+. The van der Waals surface area contributed by atoms with Crippen molar-refractivity contribution in [2.75, 3.05) is 26.4 Å². The van der Waals surface area contributed by atoms with Crippen LogP contribution in [0.1, 0.15) is 245 Å². The minimum Gasteiger partial charge on any atom is -0.394 e. The van der Waals surface area contributed by atoms with Gasteiger partial charge in [-0.3, -0.25) is 4.79 Å². The molecule has 0 bridgehead atoms. The van der Waals surface area contributed by atoms with Gasteiger partial charge in [-0.15, -0.1) is 0 Å². The maximum absolute atomic E-state index is 13.4. The second kappa shape index (κ2) is 56.5. The number of hydrogen-bond acceptors (Lipinski definition) is 18. The number of ether oxygens (including phenoxy) is 6. The first kappa shape index (κ1) is 85.9. The first-order valence-electron chi connectivity index (χ1n) is 37.0. The maximum atomic E-state index is 13.4. The second-order valence-electron chi connectivity index (χ2n) is 26.0. The second-order valence-corrected chi connectivity index (χ2v) is 26.0. The van der Waals surface area contributed by atoms with Crippen molar-refractivity contribution in [2.45, 2.75) is 349 Å². The number of carbonyl (C=O) groups is 1. The van der Waals surface area contributed by atoms with Crippen LogP contribution in [0.25, 0.3) is 0 Å². The Morgan fingerprint density at radius 1 is 0.389 bits per heavy atom. The summed E-state index contributed by atoms with van der Waals surface area (Å²) in [5.41, 5.74) is 0. The average molecular weight is 1350 g/mol. The Bertz CT molecular complexity index is 2100. The van der Waals surface area contributed by atoms with Crippen LogP contribution in [0.5, 0.6) is 0 Å². The summed E-state index contributed by atoms with van der Waals surface area (Å²) in [5.74, 6) is -0.287. The van der Waals surface area contributed by atoms with E-state index in [1.165, 1.54) is 135 Å². The monoisotopic (exact) mass is 1350 g/mol. The number of allylic oxidation sites excluding steroid dienone is 15. The van der Waals surface area contributed by atoms with Crippen LogP contribution in [-0.4, -0.2) is 193 Å². The van der Waals surface area contributed by atoms with Gasteiger partial charge in [0.05, 0.1) is 38.6 Å². The molecule has 0 saturated carbocycles. The van der Waals surface area contributed by atoms with Crippen molar-refractivity contribution in [1.29, 1.82) is 0 Å². The van der Waals surface area contributed by atoms with E-state index in [0.29, 0.717) is 12.8 Å². The lowest BCUT2D eigenvalue weighted by Crippen LogP contribution is -2.66. The zero-order chi connectivity index (χ0) is 68.9. The summed E-state index contributed by atoms with van der Waals surface area (Å²) in [6, 6.07) is -0.991. The Morgan fingerprint density at radius 3 is 1.18 bits per heavy atom. The number of amides is 1. The van der Waals surface area contributed by atoms with Crippen LogP contribution < -0.4 is 5.32 Å². The topological polar surface area (TPSA) is 307 Å². The minimum atomic E-state index is -1.98. The van der Waals surface area contributed by atoms with Crippen molar-refractivity contribution in [1.82, 2.24) is 5.32 Å². The fraction of sp³-hybridized carbons (Fsp3) is 0.776. The summed E-state index contributed by atoms with van der Waals surface area (Å²) in [6.07, 6.45) is 48.6. The van der Waals surface area contributed by atoms with Crippen LogP contribution >= 0.6 is 0 Å². The van der Waals surface area contributed by atoms with Crippen LogP contribution in [0.2, 0.25) is 0 Å². The Hall–Kier alpha value is -3.29. The molecule has 548 valence electrons. The van der Waals surface area contributed by atoms with Gasteiger partial charge in [0.1, 0.15) is 73.2 Å². The molecule has 3 heterocycles. The fourth-order valence-electron chi connectivity index (χ4n) is 11.9. The average Bonchev–Trinajstić information content (AvgIpc) is 0.787. The number of carbonyl (C=O) groups excluding carboxylic acids is 1. The smallest absolute Gasteiger partial charge is 0.220 e. The largest absolute Gasteiger partial charge is 0.394 e. The molecule has 17 atom stereocenters. The van der Waals surface area contributed by atoms with Crippen LogP contribution in [0.4, 0.5) is 0 Å². The van der Waals surface area contributed by atoms with Crippen molar-refractivity contribution in [2.24, 2.45) is 0 Å². The molecule has 3 saturated heterocycles. The third-order valence-electron chi connectivity index (χ3n) is 17.9. The number of unbranched alkanes of at least 4 members (excludes halogenated alkanes) is 26. The first-order valence-corrected chi connectivity index (χ1v) is 37.0. The highest BCUT2D eigenvalue weighted by atomic mass is 16.8. The van der Waals surface area contributed by atoms with Gasteiger partial charge in [-0.05, 0) is 83.5 Å². The normalized spacial score (nSPS) is 27.8. The third-order valence-corrected chi connectivity index (χ3v) is 17.9. The van der Waals surface area contributed by atoms with Gasteiger partial charge >= 0.3 is 0 Å². The molecule has 12 N–H and O–H groups in total. The molecule has 3 rings (SSSR count). The highest BCUT2D eigenvalue weighted by molar-refractivity contribution is 5.76. The molecule has 0 spiro atoms. The van der Waals surface area contributed by atoms with Gasteiger partial charge in [0.25, 0.3) is 0 Å². The lowest BCUT2D eigenvalue weighted by atomic mass is 9.96. The summed E-state index contributed by atoms with van der Waals surface area (Å²) < 4.78 is 34.3. The van der Waals surface area contributed by atoms with Crippen LogP contribution in [0.15, 0.2) is 97.2 Å². The van der Waals surface area contributed by atoms with Crippen LogP contribution in [-0.2, 0) is 33.2 Å². The minimum absolute atomic E-state index is 0.234. The third kappa shape index (κ3) is 37.6. The lowest BCUT2D eigenvalue weighted by Gasteiger charge is -2.48. The maximum Gasteiger partial charge on any atom is 0.220 e. The molecule has 0 aromatic rings. The molecular weight excluding hydrogens is 1210 g/mol. The molecular formula is C76H131NO18. The predicted octanol–water partition coefficient (Wildman–Crippen LogP) is 10.8. The summed E-state index contributed by atoms with van der Waals surface area (Å²) in [6.45, 7) is 1.56. The van der Waals surface area contributed by atoms with Gasteiger partial charge in [0.2, 0.25) is 5.91 Å². The molecule has 0 aromatic heterocycles. The number of aliphatic hydroxyl groups excluding tert-OH is 11. The van der Waals surface area contributed by atoms with E-state index in [4.69, 9.17) is 28.4 Å². The molecule has 0 radical (unpaired) electrons. The fourth-order valence-corrected chi connectivity index (χ4v) is 11.9. The van der Waals surface area contributed by atoms with E-state index < -0.39 is 124 Å². The van der Waals surface area contributed by atoms with E-state index in [2.05, 4.69) is 104 Å². The van der Waals surface area contributed by atoms with Gasteiger partial charge in [-0.1, -0.05) is 252 Å². The number of hydrogen-bond donors (Lipinski definition) is 12. The first-order chi connectivity index (χ1) is 46.3. The van der Waals surface area contributed by atoms with Gasteiger partial charge in [-0.2, -0.15) is 0 Å². The van der Waals surface area contributed by atoms with Crippen molar-refractivity contribution >= 4 is 5.91 Å². The molecule has 95 heavy (non-hydrogen) atoms. The van der Waals surface area contributed by atoms with E-state index in [1.807, 2.05) is 6.08 Å². The summed E-state index contributed by atoms with van der Waals surface area (Å²) in [7, 11) is 0. The number of aliphatic hydroxyl groups is 11. The highest BCUT2D eigenvalue weighted by Gasteiger charge is 2.53. The summed E-state index contributed by atoms with van der Waals surface area (Å²) >= 11 is 0. The SMILES string of the molecule is CC/C=C\C/C=C\C/C=C\C/C=C\C/C=C\C/C=C\CCCCCCCCCCCCCCCCCCCCCCC(=O)NC(COC1OC(CO)C(OC2OC(CO)C(OC3OC(CO)C(O)C(O)C3O)C(O)C2O)C(O)C1O)C(O)/C=C/CC/C=C/CCCCCCC. The Kier molecular flexibility index (Phi) is 51.1. The lowest BCUT2D eigenvalue weighted by molar-refractivity contribution is -0.379. The van der Waals surface area contributed by atoms with Crippen LogP contribution in [0.3, 0.4) is 0 Å². The summed E-state index contributed by atoms with van der Waals surface area (Å²) in [5, 5.41) is 120. The van der Waals surface area contributed by atoms with Crippen molar-refractivity contribution in [3.63, 3.8) is 0 Å². The Morgan fingerprint density at radius 2 is 0.737 bits per heavy atom. The molecule has 3 aliphatic rings. The van der Waals surface area contributed by atoms with Gasteiger partial charge in [0, 0.05) is 6.42 Å². The van der Waals surface area contributed by atoms with E-state index in [1.54, 1.807) is 6.08 Å². The summed E-state index contributed by atoms with van der Waals surface area (Å²) in [4.78, 5) is 13.4. The molecule has 17 unspecified atom stereocenters. The van der Waals surface area contributed by atoms with E-state index >= 15 is 0 Å². The zero-order valence-corrected chi connectivity index (χ0v) is 58.1. The molecule has 0 aromatic carbocycles. The molecule has 1 amide bonds. The quantitative estimate of drug-likeness (QED) is 0.0199. The van der Waals surface area contributed by atoms with E-state index in [9.17, 15) is 61.0 Å². The predicted molar refractivity (Wildman–Crippen MR) is 374 cm³/mol. The molecule has 3 aliphatic heterocycles. The molecule has 3 fully saturated rings. The van der Waals surface area contributed by atoms with Gasteiger partial charge < -0.3 is 89.9 Å². The zero-order valence-electron chi connectivity index (χ0n) is 58.1. The molecule has 19 nitrogen and oxygen atoms in total. The van der Waals surface area contributed by atoms with Gasteiger partial charge in [0.15, 0.2) is 18.9 Å². The van der Waals surface area contributed by atoms with E-state index in [0.717, 1.165) is 77.0 Å². The Labute approximate surface area is 571 Å². The van der Waals surface area contributed by atoms with Gasteiger partial charge in [-0.25, -0.2) is 0 Å². The Balaban J connectivity index is 1.29. The number of rotatable bonds is 56. The molecule has 19 heteroatoms. The van der Waals surface area contributed by atoms with E-state index in [-0.39, 0.29) is 18.9 Å². The van der Waals surface area contributed by atoms with Crippen molar-refractivity contribution in [3.05, 3.63) is 97.2 Å². The number of nitrogens with one attached hydrogen (secondary N) is 1. The highest BCUT2D eigenvalue weighted by Crippen LogP contribution is 2.33.